The van der Waals surface area contributed by atoms with Crippen molar-refractivity contribution in [2.75, 3.05) is 0 Å². The van der Waals surface area contributed by atoms with Crippen LogP contribution in [-0.4, -0.2) is 30.4 Å². The lowest BCUT2D eigenvalue weighted by Crippen LogP contribution is -2.26. The molecule has 0 aromatic carbocycles. The highest BCUT2D eigenvalue weighted by atomic mass is 16.6. The summed E-state index contributed by atoms with van der Waals surface area (Å²) in [6.07, 6.45) is 1.06. The van der Waals surface area contributed by atoms with Crippen molar-refractivity contribution < 1.29 is 9.72 Å². The molecule has 0 aliphatic heterocycles. The number of carbonyl (C=O) groups is 1. The lowest BCUT2D eigenvalue weighted by molar-refractivity contribution is -0.385. The van der Waals surface area contributed by atoms with Crippen molar-refractivity contribution in [1.82, 2.24) is 24.9 Å². The number of aryl methyl sites for hydroxylation is 3. The van der Waals surface area contributed by atoms with Crippen LogP contribution in [-0.2, 0) is 20.6 Å². The van der Waals surface area contributed by atoms with Crippen LogP contribution in [0, 0.1) is 17.0 Å². The van der Waals surface area contributed by atoms with Crippen LogP contribution in [0.3, 0.4) is 0 Å². The summed E-state index contributed by atoms with van der Waals surface area (Å²) in [6, 6.07) is 1.83. The highest BCUT2D eigenvalue weighted by molar-refractivity contribution is 5.96. The van der Waals surface area contributed by atoms with Gasteiger partial charge in [-0.3, -0.25) is 24.3 Å². The van der Waals surface area contributed by atoms with Crippen LogP contribution in [0.15, 0.2) is 12.3 Å². The fraction of sp³-hybridized carbons (Fsp3) is 0.364. The van der Waals surface area contributed by atoms with E-state index in [1.54, 1.807) is 11.7 Å². The highest BCUT2D eigenvalue weighted by Gasteiger charge is 2.25. The Balaban J connectivity index is 2.13. The van der Waals surface area contributed by atoms with E-state index in [1.807, 2.05) is 13.0 Å². The zero-order valence-electron chi connectivity index (χ0n) is 11.3. The molecule has 0 saturated heterocycles. The van der Waals surface area contributed by atoms with Crippen molar-refractivity contribution in [3.8, 4) is 0 Å². The number of nitrogens with one attached hydrogen (secondary N) is 1. The number of carbonyl (C=O) groups excluding carboxylic acids is 1. The number of hydrogen-bond donors (Lipinski definition) is 1. The number of nitro groups is 1. The van der Waals surface area contributed by atoms with Crippen molar-refractivity contribution >= 4 is 11.6 Å². The minimum Gasteiger partial charge on any atom is -0.345 e. The van der Waals surface area contributed by atoms with E-state index >= 15 is 0 Å². The van der Waals surface area contributed by atoms with Gasteiger partial charge in [-0.15, -0.1) is 0 Å². The lowest BCUT2D eigenvalue weighted by Gasteiger charge is -2.03. The molecule has 2 rings (SSSR count). The smallest absolute Gasteiger partial charge is 0.320 e. The van der Waals surface area contributed by atoms with Gasteiger partial charge in [0.2, 0.25) is 5.69 Å². The Morgan fingerprint density at radius 1 is 1.45 bits per heavy atom. The molecule has 0 atom stereocenters. The van der Waals surface area contributed by atoms with Gasteiger partial charge in [-0.25, -0.2) is 0 Å². The predicted molar refractivity (Wildman–Crippen MR) is 69.0 cm³/mol. The lowest BCUT2D eigenvalue weighted by atomic mass is 10.3. The van der Waals surface area contributed by atoms with Crippen molar-refractivity contribution in [3.05, 3.63) is 39.5 Å². The predicted octanol–water partition coefficient (Wildman–Crippen LogP) is 0.300. The van der Waals surface area contributed by atoms with Gasteiger partial charge in [-0.1, -0.05) is 0 Å². The molecule has 0 unspecified atom stereocenters. The number of nitrogens with zero attached hydrogens (tertiary/aromatic N) is 5. The van der Waals surface area contributed by atoms with Crippen molar-refractivity contribution in [2.45, 2.75) is 13.5 Å². The molecule has 0 aliphatic rings. The molecule has 2 aromatic rings. The molecule has 0 saturated carbocycles. The molecule has 1 amide bonds. The molecule has 9 heteroatoms. The third-order valence-corrected chi connectivity index (χ3v) is 2.93. The maximum Gasteiger partial charge on any atom is 0.320 e. The van der Waals surface area contributed by atoms with E-state index in [0.717, 1.165) is 11.9 Å². The molecule has 2 aromatic heterocycles. The second-order valence-corrected chi connectivity index (χ2v) is 4.34. The van der Waals surface area contributed by atoms with Gasteiger partial charge in [0.05, 0.1) is 17.2 Å². The van der Waals surface area contributed by atoms with E-state index in [2.05, 4.69) is 15.5 Å². The Bertz CT molecular complexity index is 652. The van der Waals surface area contributed by atoms with Crippen LogP contribution < -0.4 is 5.32 Å². The molecule has 0 radical (unpaired) electrons. The molecule has 0 aliphatic carbocycles. The maximum absolute atomic E-state index is 12.0. The van der Waals surface area contributed by atoms with E-state index in [1.165, 1.54) is 11.7 Å². The number of hydrogen-bond acceptors (Lipinski definition) is 5. The van der Waals surface area contributed by atoms with Gasteiger partial charge in [0.15, 0.2) is 0 Å². The van der Waals surface area contributed by atoms with Crippen LogP contribution in [0.2, 0.25) is 0 Å². The van der Waals surface area contributed by atoms with Crippen LogP contribution >= 0.6 is 0 Å². The minimum absolute atomic E-state index is 0.0809. The van der Waals surface area contributed by atoms with Crippen molar-refractivity contribution in [2.24, 2.45) is 14.1 Å². The average molecular weight is 278 g/mol. The van der Waals surface area contributed by atoms with Gasteiger partial charge in [0.1, 0.15) is 6.20 Å². The Hall–Kier alpha value is -2.71. The molecule has 9 nitrogen and oxygen atoms in total. The molecule has 1 N–H and O–H groups in total. The molecule has 0 fully saturated rings. The summed E-state index contributed by atoms with van der Waals surface area (Å²) >= 11 is 0. The van der Waals surface area contributed by atoms with E-state index in [0.29, 0.717) is 5.69 Å². The third kappa shape index (κ3) is 2.51. The molecule has 0 bridgehead atoms. The molecular weight excluding hydrogens is 264 g/mol. The number of amides is 1. The van der Waals surface area contributed by atoms with Crippen LogP contribution in [0.25, 0.3) is 0 Å². The van der Waals surface area contributed by atoms with Gasteiger partial charge in [0.25, 0.3) is 5.91 Å². The second-order valence-electron chi connectivity index (χ2n) is 4.34. The van der Waals surface area contributed by atoms with Crippen molar-refractivity contribution in [3.63, 3.8) is 0 Å². The van der Waals surface area contributed by atoms with E-state index in [-0.39, 0.29) is 17.9 Å². The fourth-order valence-electron chi connectivity index (χ4n) is 1.80. The Morgan fingerprint density at radius 2 is 2.15 bits per heavy atom. The summed E-state index contributed by atoms with van der Waals surface area (Å²) in [4.78, 5) is 22.2. The maximum atomic E-state index is 12.0. The third-order valence-electron chi connectivity index (χ3n) is 2.93. The van der Waals surface area contributed by atoms with Gasteiger partial charge in [-0.05, 0) is 13.0 Å². The first-order valence-electron chi connectivity index (χ1n) is 5.84. The largest absolute Gasteiger partial charge is 0.345 e. The summed E-state index contributed by atoms with van der Waals surface area (Å²) in [5.41, 5.74) is 1.24. The summed E-state index contributed by atoms with van der Waals surface area (Å²) in [6.45, 7) is 2.09. The van der Waals surface area contributed by atoms with Crippen LogP contribution in [0.1, 0.15) is 21.9 Å². The van der Waals surface area contributed by atoms with Gasteiger partial charge in [-0.2, -0.15) is 10.2 Å². The molecule has 2 heterocycles. The van der Waals surface area contributed by atoms with E-state index in [9.17, 15) is 14.9 Å². The zero-order chi connectivity index (χ0) is 14.9. The van der Waals surface area contributed by atoms with E-state index in [4.69, 9.17) is 0 Å². The second kappa shape index (κ2) is 5.11. The number of aromatic nitrogens is 4. The van der Waals surface area contributed by atoms with Crippen LogP contribution in [0.4, 0.5) is 5.69 Å². The summed E-state index contributed by atoms with van der Waals surface area (Å²) in [5.74, 6) is -0.556. The van der Waals surface area contributed by atoms with Crippen molar-refractivity contribution in [1.29, 1.82) is 0 Å². The first kappa shape index (κ1) is 13.7. The normalized spacial score (nSPS) is 10.6. The summed E-state index contributed by atoms with van der Waals surface area (Å²) in [7, 11) is 3.28. The summed E-state index contributed by atoms with van der Waals surface area (Å²) < 4.78 is 2.87. The fourth-order valence-corrected chi connectivity index (χ4v) is 1.80. The number of rotatable bonds is 4. The SMILES string of the molecule is Cc1cc(CNC(=O)c2c([N+](=O)[O-])cnn2C)nn1C. The van der Waals surface area contributed by atoms with Gasteiger partial charge < -0.3 is 5.32 Å². The highest BCUT2D eigenvalue weighted by Crippen LogP contribution is 2.16. The molecule has 106 valence electrons. The van der Waals surface area contributed by atoms with E-state index < -0.39 is 10.8 Å². The van der Waals surface area contributed by atoms with Gasteiger partial charge >= 0.3 is 5.69 Å². The van der Waals surface area contributed by atoms with Crippen LogP contribution in [0.5, 0.6) is 0 Å². The Kier molecular flexibility index (Phi) is 3.51. The minimum atomic E-state index is -0.632. The molecular formula is C11H14N6O3. The Morgan fingerprint density at radius 3 is 2.70 bits per heavy atom. The standard InChI is InChI=1S/C11H14N6O3/c1-7-4-8(14-15(7)2)5-12-11(18)10-9(17(19)20)6-13-16(10)3/h4,6H,5H2,1-3H3,(H,12,18). The first-order chi connectivity index (χ1) is 9.40. The summed E-state index contributed by atoms with van der Waals surface area (Å²) in [5, 5.41) is 21.3. The average Bonchev–Trinajstić information content (AvgIpc) is 2.90. The first-order valence-corrected chi connectivity index (χ1v) is 5.84. The molecule has 0 spiro atoms. The quantitative estimate of drug-likeness (QED) is 0.639. The van der Waals surface area contributed by atoms with Gasteiger partial charge in [0, 0.05) is 19.8 Å². The zero-order valence-corrected chi connectivity index (χ0v) is 11.3. The molecule has 20 heavy (non-hydrogen) atoms. The topological polar surface area (TPSA) is 108 Å². The monoisotopic (exact) mass is 278 g/mol. The Labute approximate surface area is 114 Å².